The first-order valence-electron chi connectivity index (χ1n) is 14.0. The van der Waals surface area contributed by atoms with Crippen LogP contribution in [-0.2, 0) is 9.53 Å². The van der Waals surface area contributed by atoms with Gasteiger partial charge in [0.05, 0.1) is 12.1 Å². The molecule has 0 aromatic heterocycles. The molecule has 0 bridgehead atoms. The summed E-state index contributed by atoms with van der Waals surface area (Å²) >= 11 is 0. The molecule has 0 saturated carbocycles. The minimum absolute atomic E-state index is 0.0623. The molecule has 1 N–H and O–H groups in total. The van der Waals surface area contributed by atoms with Crippen LogP contribution in [0.2, 0.25) is 0 Å². The van der Waals surface area contributed by atoms with E-state index < -0.39 is 0 Å². The average molecular weight is 485 g/mol. The van der Waals surface area contributed by atoms with Crippen LogP contribution in [0.15, 0.2) is 42.6 Å². The van der Waals surface area contributed by atoms with Gasteiger partial charge in [0.1, 0.15) is 0 Å². The molecule has 2 rings (SSSR count). The molecule has 8 atom stereocenters. The molecule has 0 aliphatic carbocycles. The quantitative estimate of drug-likeness (QED) is 0.308. The maximum atomic E-state index is 13.5. The van der Waals surface area contributed by atoms with Crippen molar-refractivity contribution in [3.05, 3.63) is 48.2 Å². The number of carbonyl (C=O) groups is 1. The van der Waals surface area contributed by atoms with Gasteiger partial charge in [0.15, 0.2) is 0 Å². The van der Waals surface area contributed by atoms with Crippen LogP contribution in [0.4, 0.5) is 0 Å². The zero-order valence-electron chi connectivity index (χ0n) is 23.7. The van der Waals surface area contributed by atoms with Crippen molar-refractivity contribution in [2.24, 2.45) is 23.7 Å². The van der Waals surface area contributed by atoms with Gasteiger partial charge in [-0.2, -0.15) is 0 Å². The van der Waals surface area contributed by atoms with E-state index in [1.54, 1.807) is 7.11 Å². The molecule has 1 aliphatic heterocycles. The van der Waals surface area contributed by atoms with Gasteiger partial charge in [-0.1, -0.05) is 91.3 Å². The lowest BCUT2D eigenvalue weighted by atomic mass is 9.79. The average Bonchev–Trinajstić information content (AvgIpc) is 3.36. The summed E-state index contributed by atoms with van der Waals surface area (Å²) < 4.78 is 6.06. The van der Waals surface area contributed by atoms with Crippen LogP contribution in [0.25, 0.3) is 0 Å². The van der Waals surface area contributed by atoms with Gasteiger partial charge < -0.3 is 15.0 Å². The Kier molecular flexibility index (Phi) is 11.8. The number of hydrogen-bond acceptors (Lipinski definition) is 3. The third-order valence-corrected chi connectivity index (χ3v) is 9.05. The van der Waals surface area contributed by atoms with E-state index in [1.165, 1.54) is 5.56 Å². The number of rotatable bonds is 14. The van der Waals surface area contributed by atoms with E-state index in [-0.39, 0.29) is 24.1 Å². The molecule has 0 radical (unpaired) electrons. The SMILES string of the molecule is C=C(NC(C)C(C)c1ccccc1)C(C)C(OC)C1CCCN1C(=O)CC(CC)[C@@H](C)[C@@H](C)CC. The highest BCUT2D eigenvalue weighted by atomic mass is 16.5. The highest BCUT2D eigenvalue weighted by Gasteiger charge is 2.39. The molecule has 4 nitrogen and oxygen atoms in total. The van der Waals surface area contributed by atoms with Crippen molar-refractivity contribution in [3.63, 3.8) is 0 Å². The fraction of sp³-hybridized carbons (Fsp3) is 0.710. The van der Waals surface area contributed by atoms with Gasteiger partial charge in [-0.05, 0) is 43.1 Å². The molecular weight excluding hydrogens is 432 g/mol. The molecule has 0 spiro atoms. The summed E-state index contributed by atoms with van der Waals surface area (Å²) in [5, 5.41) is 3.66. The molecule has 35 heavy (non-hydrogen) atoms. The molecule has 4 heteroatoms. The Labute approximate surface area is 215 Å². The molecule has 6 unspecified atom stereocenters. The number of carbonyl (C=O) groups excluding carboxylic acids is 1. The monoisotopic (exact) mass is 484 g/mol. The fourth-order valence-corrected chi connectivity index (χ4v) is 5.81. The van der Waals surface area contributed by atoms with E-state index in [2.05, 4.69) is 95.6 Å². The van der Waals surface area contributed by atoms with E-state index in [1.807, 2.05) is 0 Å². The number of likely N-dealkylation sites (tertiary alicyclic amines) is 1. The Morgan fingerprint density at radius 3 is 2.34 bits per heavy atom. The van der Waals surface area contributed by atoms with Crippen LogP contribution < -0.4 is 5.32 Å². The van der Waals surface area contributed by atoms with Crippen LogP contribution in [0.5, 0.6) is 0 Å². The number of hydrogen-bond donors (Lipinski definition) is 1. The van der Waals surface area contributed by atoms with Gasteiger partial charge in [0, 0.05) is 43.7 Å². The number of ether oxygens (including phenoxy) is 1. The molecule has 1 aromatic carbocycles. The van der Waals surface area contributed by atoms with Crippen LogP contribution >= 0.6 is 0 Å². The van der Waals surface area contributed by atoms with Crippen LogP contribution in [0.1, 0.15) is 92.1 Å². The molecule has 1 fully saturated rings. The first-order chi connectivity index (χ1) is 16.7. The second-order valence-corrected chi connectivity index (χ2v) is 11.1. The maximum Gasteiger partial charge on any atom is 0.223 e. The zero-order valence-corrected chi connectivity index (χ0v) is 23.7. The maximum absolute atomic E-state index is 13.5. The molecule has 1 saturated heterocycles. The Hall–Kier alpha value is -1.81. The van der Waals surface area contributed by atoms with E-state index in [9.17, 15) is 4.79 Å². The first kappa shape index (κ1) is 29.4. The Morgan fingerprint density at radius 1 is 1.11 bits per heavy atom. The standard InChI is InChI=1S/C31H52N2O2/c1-10-21(3)22(4)27(11-2)20-30(34)33-19-15-18-29(33)31(35-9)24(6)26(8)32-25(7)23(5)28-16-13-12-14-17-28/h12-14,16-17,21-25,27,29,31-32H,8,10-11,15,18-20H2,1-7,9H3/t21-,22-,23?,24?,25?,27?,29?,31?/m0/s1. The smallest absolute Gasteiger partial charge is 0.223 e. The Balaban J connectivity index is 2.05. The minimum atomic E-state index is -0.0623. The predicted octanol–water partition coefficient (Wildman–Crippen LogP) is 7.02. The Morgan fingerprint density at radius 2 is 1.77 bits per heavy atom. The van der Waals surface area contributed by atoms with E-state index in [0.29, 0.717) is 36.0 Å². The van der Waals surface area contributed by atoms with Crippen LogP contribution in [-0.4, -0.2) is 42.6 Å². The fourth-order valence-electron chi connectivity index (χ4n) is 5.81. The molecule has 1 amide bonds. The molecule has 1 heterocycles. The number of methoxy groups -OCH3 is 1. The van der Waals surface area contributed by atoms with Gasteiger partial charge in [-0.25, -0.2) is 0 Å². The summed E-state index contributed by atoms with van der Waals surface area (Å²) in [6, 6.07) is 11.0. The summed E-state index contributed by atoms with van der Waals surface area (Å²) in [5.41, 5.74) is 2.31. The molecule has 1 aromatic rings. The van der Waals surface area contributed by atoms with Crippen LogP contribution in [0, 0.1) is 23.7 Å². The predicted molar refractivity (Wildman–Crippen MR) is 148 cm³/mol. The van der Waals surface area contributed by atoms with E-state index in [4.69, 9.17) is 4.74 Å². The van der Waals surface area contributed by atoms with Crippen molar-refractivity contribution in [2.75, 3.05) is 13.7 Å². The van der Waals surface area contributed by atoms with Crippen molar-refractivity contribution in [1.29, 1.82) is 0 Å². The lowest BCUT2D eigenvalue weighted by Crippen LogP contribution is -2.48. The van der Waals surface area contributed by atoms with Crippen molar-refractivity contribution in [1.82, 2.24) is 10.2 Å². The van der Waals surface area contributed by atoms with E-state index >= 15 is 0 Å². The summed E-state index contributed by atoms with van der Waals surface area (Å²) in [6.45, 7) is 21.0. The second-order valence-electron chi connectivity index (χ2n) is 11.1. The topological polar surface area (TPSA) is 41.6 Å². The van der Waals surface area contributed by atoms with Gasteiger partial charge in [-0.15, -0.1) is 0 Å². The summed E-state index contributed by atoms with van der Waals surface area (Å²) in [7, 11) is 1.78. The van der Waals surface area contributed by atoms with Gasteiger partial charge in [-0.3, -0.25) is 4.79 Å². The van der Waals surface area contributed by atoms with Gasteiger partial charge >= 0.3 is 0 Å². The molecular formula is C31H52N2O2. The van der Waals surface area contributed by atoms with Crippen molar-refractivity contribution < 1.29 is 9.53 Å². The number of amides is 1. The number of benzene rings is 1. The van der Waals surface area contributed by atoms with Crippen molar-refractivity contribution in [2.45, 2.75) is 105 Å². The lowest BCUT2D eigenvalue weighted by Gasteiger charge is -2.37. The largest absolute Gasteiger partial charge is 0.385 e. The third kappa shape index (κ3) is 7.59. The van der Waals surface area contributed by atoms with Gasteiger partial charge in [0.2, 0.25) is 5.91 Å². The van der Waals surface area contributed by atoms with Crippen LogP contribution in [0.3, 0.4) is 0 Å². The number of nitrogens with zero attached hydrogens (tertiary/aromatic N) is 1. The summed E-state index contributed by atoms with van der Waals surface area (Å²) in [4.78, 5) is 15.6. The highest BCUT2D eigenvalue weighted by Crippen LogP contribution is 2.33. The zero-order chi connectivity index (χ0) is 26.1. The minimum Gasteiger partial charge on any atom is -0.385 e. The van der Waals surface area contributed by atoms with Crippen molar-refractivity contribution >= 4 is 5.91 Å². The van der Waals surface area contributed by atoms with Gasteiger partial charge in [0.25, 0.3) is 0 Å². The first-order valence-corrected chi connectivity index (χ1v) is 14.0. The van der Waals surface area contributed by atoms with Crippen molar-refractivity contribution in [3.8, 4) is 0 Å². The molecule has 1 aliphatic rings. The van der Waals surface area contributed by atoms with E-state index in [0.717, 1.165) is 37.9 Å². The summed E-state index contributed by atoms with van der Waals surface area (Å²) in [6.07, 6.45) is 4.84. The normalized spacial score (nSPS) is 22.1. The number of nitrogens with one attached hydrogen (secondary N) is 1. The highest BCUT2D eigenvalue weighted by molar-refractivity contribution is 5.77. The lowest BCUT2D eigenvalue weighted by molar-refractivity contribution is -0.137. The second kappa shape index (κ2) is 14.1. The Bertz CT molecular complexity index is 779. The molecule has 198 valence electrons. The summed E-state index contributed by atoms with van der Waals surface area (Å²) in [5.74, 6) is 2.41. The third-order valence-electron chi connectivity index (χ3n) is 9.05.